The largest absolute Gasteiger partial charge is 0.395 e. The number of benzene rings is 1. The smallest absolute Gasteiger partial charge is 0.0589 e. The quantitative estimate of drug-likeness (QED) is 0.874. The van der Waals surface area contributed by atoms with Crippen molar-refractivity contribution in [1.29, 1.82) is 0 Å². The van der Waals surface area contributed by atoms with E-state index >= 15 is 0 Å². The second kappa shape index (κ2) is 6.84. The minimum Gasteiger partial charge on any atom is -0.395 e. The minimum atomic E-state index is 0.0471. The van der Waals surface area contributed by atoms with Crippen LogP contribution < -0.4 is 5.73 Å². The molecule has 1 fully saturated rings. The Morgan fingerprint density at radius 2 is 2.21 bits per heavy atom. The van der Waals surface area contributed by atoms with Gasteiger partial charge in [-0.2, -0.15) is 0 Å². The van der Waals surface area contributed by atoms with Crippen LogP contribution in [0.5, 0.6) is 0 Å². The zero-order valence-corrected chi connectivity index (χ0v) is 13.0. The van der Waals surface area contributed by atoms with Gasteiger partial charge in [-0.3, -0.25) is 4.90 Å². The first-order chi connectivity index (χ1) is 9.13. The van der Waals surface area contributed by atoms with Crippen LogP contribution in [0.4, 0.5) is 0 Å². The lowest BCUT2D eigenvalue weighted by Gasteiger charge is -2.26. The predicted molar refractivity (Wildman–Crippen MR) is 81.9 cm³/mol. The van der Waals surface area contributed by atoms with E-state index < -0.39 is 0 Å². The van der Waals surface area contributed by atoms with Crippen molar-refractivity contribution in [2.75, 3.05) is 19.7 Å². The average molecular weight is 327 g/mol. The molecule has 4 heteroatoms. The number of aliphatic hydroxyl groups excluding tert-OH is 1. The fourth-order valence-electron chi connectivity index (χ4n) is 2.90. The number of hydrogen-bond acceptors (Lipinski definition) is 3. The molecule has 1 heterocycles. The van der Waals surface area contributed by atoms with Gasteiger partial charge in [0.05, 0.1) is 6.61 Å². The van der Waals surface area contributed by atoms with Crippen LogP contribution in [0.1, 0.15) is 31.4 Å². The zero-order valence-electron chi connectivity index (χ0n) is 11.4. The van der Waals surface area contributed by atoms with Crippen LogP contribution in [0.3, 0.4) is 0 Å². The molecule has 106 valence electrons. The summed E-state index contributed by atoms with van der Waals surface area (Å²) in [4.78, 5) is 2.38. The van der Waals surface area contributed by atoms with Gasteiger partial charge in [0, 0.05) is 23.1 Å². The second-order valence-electron chi connectivity index (χ2n) is 5.47. The van der Waals surface area contributed by atoms with Gasteiger partial charge in [-0.1, -0.05) is 41.1 Å². The maximum atomic E-state index is 9.45. The first-order valence-electron chi connectivity index (χ1n) is 6.98. The van der Waals surface area contributed by atoms with E-state index in [2.05, 4.69) is 33.8 Å². The Bertz CT molecular complexity index is 413. The van der Waals surface area contributed by atoms with E-state index in [1.807, 2.05) is 18.2 Å². The van der Waals surface area contributed by atoms with Crippen molar-refractivity contribution in [1.82, 2.24) is 4.90 Å². The third-order valence-electron chi connectivity index (χ3n) is 4.22. The molecule has 0 bridgehead atoms. The summed E-state index contributed by atoms with van der Waals surface area (Å²) in [6, 6.07) is 8.49. The molecule has 1 aliphatic rings. The number of nitrogens with two attached hydrogens (primary N) is 1. The second-order valence-corrected chi connectivity index (χ2v) is 6.32. The van der Waals surface area contributed by atoms with E-state index in [1.165, 1.54) is 6.42 Å². The van der Waals surface area contributed by atoms with Crippen LogP contribution >= 0.6 is 15.9 Å². The third-order valence-corrected chi connectivity index (χ3v) is 4.94. The molecular formula is C15H23BrN2O. The summed E-state index contributed by atoms with van der Waals surface area (Å²) in [5, 5.41) is 9.45. The van der Waals surface area contributed by atoms with Crippen molar-refractivity contribution in [3.05, 3.63) is 34.3 Å². The van der Waals surface area contributed by atoms with E-state index in [0.717, 1.165) is 29.5 Å². The molecule has 3 atom stereocenters. The molecule has 0 spiro atoms. The fraction of sp³-hybridized carbons (Fsp3) is 0.600. The molecule has 1 saturated heterocycles. The summed E-state index contributed by atoms with van der Waals surface area (Å²) in [6.07, 6.45) is 2.10. The number of aliphatic hydroxyl groups is 1. The van der Waals surface area contributed by atoms with Gasteiger partial charge in [0.15, 0.2) is 0 Å². The highest BCUT2D eigenvalue weighted by atomic mass is 79.9. The molecule has 0 radical (unpaired) electrons. The maximum absolute atomic E-state index is 9.45. The van der Waals surface area contributed by atoms with Gasteiger partial charge in [0.25, 0.3) is 0 Å². The van der Waals surface area contributed by atoms with Crippen LogP contribution in [0.25, 0.3) is 0 Å². The lowest BCUT2D eigenvalue weighted by atomic mass is 10.0. The van der Waals surface area contributed by atoms with E-state index in [1.54, 1.807) is 0 Å². The Labute approximate surface area is 123 Å². The van der Waals surface area contributed by atoms with Crippen LogP contribution in [0.15, 0.2) is 28.7 Å². The summed E-state index contributed by atoms with van der Waals surface area (Å²) < 4.78 is 1.08. The molecule has 1 aromatic rings. The SMILES string of the molecule is CC1CCN(CCC(N)c2ccccc2Br)C1CO. The lowest BCUT2D eigenvalue weighted by molar-refractivity contribution is 0.136. The van der Waals surface area contributed by atoms with Gasteiger partial charge in [0.1, 0.15) is 0 Å². The standard InChI is InChI=1S/C15H23BrN2O/c1-11-6-8-18(15(11)10-19)9-7-14(17)12-4-2-3-5-13(12)16/h2-5,11,14-15,19H,6-10,17H2,1H3. The summed E-state index contributed by atoms with van der Waals surface area (Å²) in [7, 11) is 0. The molecular weight excluding hydrogens is 304 g/mol. The van der Waals surface area contributed by atoms with E-state index in [4.69, 9.17) is 5.73 Å². The molecule has 0 saturated carbocycles. The topological polar surface area (TPSA) is 49.5 Å². The highest BCUT2D eigenvalue weighted by Crippen LogP contribution is 2.27. The Morgan fingerprint density at radius 3 is 2.89 bits per heavy atom. The van der Waals surface area contributed by atoms with Crippen LogP contribution in [0, 0.1) is 5.92 Å². The predicted octanol–water partition coefficient (Wildman–Crippen LogP) is 2.54. The molecule has 0 amide bonds. The first-order valence-corrected chi connectivity index (χ1v) is 7.77. The molecule has 0 aromatic heterocycles. The van der Waals surface area contributed by atoms with Crippen molar-refractivity contribution in [3.8, 4) is 0 Å². The Kier molecular flexibility index (Phi) is 5.39. The van der Waals surface area contributed by atoms with Gasteiger partial charge in [-0.05, 0) is 36.9 Å². The molecule has 3 nitrogen and oxygen atoms in total. The summed E-state index contributed by atoms with van der Waals surface area (Å²) >= 11 is 3.55. The molecule has 1 aromatic carbocycles. The highest BCUT2D eigenvalue weighted by molar-refractivity contribution is 9.10. The monoisotopic (exact) mass is 326 g/mol. The Balaban J connectivity index is 1.90. The lowest BCUT2D eigenvalue weighted by Crippen LogP contribution is -2.36. The zero-order chi connectivity index (χ0) is 13.8. The van der Waals surface area contributed by atoms with E-state index in [-0.39, 0.29) is 12.6 Å². The summed E-state index contributed by atoms with van der Waals surface area (Å²) in [6.45, 7) is 4.51. The maximum Gasteiger partial charge on any atom is 0.0589 e. The Hall–Kier alpha value is -0.420. The van der Waals surface area contributed by atoms with Gasteiger partial charge in [-0.25, -0.2) is 0 Å². The van der Waals surface area contributed by atoms with Crippen molar-refractivity contribution in [2.45, 2.75) is 31.8 Å². The molecule has 2 rings (SSSR count). The number of likely N-dealkylation sites (tertiary alicyclic amines) is 1. The van der Waals surface area contributed by atoms with Gasteiger partial charge in [0.2, 0.25) is 0 Å². The van der Waals surface area contributed by atoms with Gasteiger partial charge >= 0.3 is 0 Å². The normalized spacial score (nSPS) is 25.7. The average Bonchev–Trinajstić information content (AvgIpc) is 2.77. The van der Waals surface area contributed by atoms with Gasteiger partial charge < -0.3 is 10.8 Å². The van der Waals surface area contributed by atoms with Crippen molar-refractivity contribution < 1.29 is 5.11 Å². The third kappa shape index (κ3) is 3.57. The minimum absolute atomic E-state index is 0.0471. The summed E-state index contributed by atoms with van der Waals surface area (Å²) in [5.74, 6) is 0.588. The van der Waals surface area contributed by atoms with Crippen molar-refractivity contribution in [2.24, 2.45) is 11.7 Å². The fourth-order valence-corrected chi connectivity index (χ4v) is 3.48. The Morgan fingerprint density at radius 1 is 1.47 bits per heavy atom. The van der Waals surface area contributed by atoms with Gasteiger partial charge in [-0.15, -0.1) is 0 Å². The number of rotatable bonds is 5. The van der Waals surface area contributed by atoms with Crippen molar-refractivity contribution >= 4 is 15.9 Å². The van der Waals surface area contributed by atoms with E-state index in [9.17, 15) is 5.11 Å². The molecule has 19 heavy (non-hydrogen) atoms. The number of hydrogen-bond donors (Lipinski definition) is 2. The summed E-state index contributed by atoms with van der Waals surface area (Å²) in [5.41, 5.74) is 7.44. The number of halogens is 1. The first kappa shape index (κ1) is 15.0. The molecule has 3 N–H and O–H groups in total. The highest BCUT2D eigenvalue weighted by Gasteiger charge is 2.30. The molecule has 0 aliphatic carbocycles. The van der Waals surface area contributed by atoms with Crippen LogP contribution in [-0.4, -0.2) is 35.7 Å². The molecule has 3 unspecified atom stereocenters. The number of nitrogens with zero attached hydrogens (tertiary/aromatic N) is 1. The van der Waals surface area contributed by atoms with Crippen LogP contribution in [0.2, 0.25) is 0 Å². The van der Waals surface area contributed by atoms with Crippen LogP contribution in [-0.2, 0) is 0 Å². The van der Waals surface area contributed by atoms with E-state index in [0.29, 0.717) is 12.0 Å². The van der Waals surface area contributed by atoms with Crippen molar-refractivity contribution in [3.63, 3.8) is 0 Å². The molecule has 1 aliphatic heterocycles.